The minimum atomic E-state index is -0.824. The average Bonchev–Trinajstić information content (AvgIpc) is 3.42. The van der Waals surface area contributed by atoms with Gasteiger partial charge in [0.2, 0.25) is 0 Å². The molecule has 6 nitrogen and oxygen atoms in total. The predicted molar refractivity (Wildman–Crippen MR) is 146 cm³/mol. The summed E-state index contributed by atoms with van der Waals surface area (Å²) in [4.78, 5) is 39.2. The maximum Gasteiger partial charge on any atom is 0.329 e. The Bertz CT molecular complexity index is 1100. The van der Waals surface area contributed by atoms with Crippen molar-refractivity contribution in [2.45, 2.75) is 76.9 Å². The van der Waals surface area contributed by atoms with E-state index in [-0.39, 0.29) is 41.1 Å². The zero-order valence-corrected chi connectivity index (χ0v) is 23.0. The summed E-state index contributed by atoms with van der Waals surface area (Å²) >= 11 is 0. The number of methoxy groups -OCH3 is 1. The molecule has 0 bridgehead atoms. The fraction of sp³-hybridized carbons (Fsp3) is 0.531. The first kappa shape index (κ1) is 27.9. The summed E-state index contributed by atoms with van der Waals surface area (Å²) in [6.45, 7) is 6.67. The Morgan fingerprint density at radius 1 is 0.895 bits per heavy atom. The van der Waals surface area contributed by atoms with Gasteiger partial charge in [0.15, 0.2) is 0 Å². The molecule has 6 atom stereocenters. The van der Waals surface area contributed by atoms with E-state index in [1.165, 1.54) is 12.7 Å². The first-order valence-electron chi connectivity index (χ1n) is 13.9. The molecule has 2 aliphatic carbocycles. The van der Waals surface area contributed by atoms with Gasteiger partial charge in [0, 0.05) is 11.5 Å². The Hall–Kier alpha value is -3.15. The Labute approximate surface area is 226 Å². The maximum absolute atomic E-state index is 13.9. The molecule has 6 heteroatoms. The number of hydrogen-bond donors (Lipinski definition) is 1. The lowest BCUT2D eigenvalue weighted by atomic mass is 9.64. The molecule has 2 saturated carbocycles. The fourth-order valence-electron chi connectivity index (χ4n) is 6.47. The van der Waals surface area contributed by atoms with E-state index in [2.05, 4.69) is 50.4 Å². The van der Waals surface area contributed by atoms with Crippen LogP contribution in [0.15, 0.2) is 60.7 Å². The van der Waals surface area contributed by atoms with E-state index in [9.17, 15) is 14.4 Å². The largest absolute Gasteiger partial charge is 0.469 e. The lowest BCUT2D eigenvalue weighted by molar-refractivity contribution is -0.160. The van der Waals surface area contributed by atoms with Crippen molar-refractivity contribution in [3.8, 4) is 0 Å². The Morgan fingerprint density at radius 2 is 1.55 bits per heavy atom. The molecule has 0 radical (unpaired) electrons. The number of carbonyl (C=O) groups is 3. The molecular formula is C32H41NO5. The number of benzene rings is 2. The number of ether oxygens (including phenoxy) is 2. The smallest absolute Gasteiger partial charge is 0.329 e. The highest BCUT2D eigenvalue weighted by molar-refractivity contribution is 5.96. The van der Waals surface area contributed by atoms with Crippen LogP contribution >= 0.6 is 0 Å². The third kappa shape index (κ3) is 6.28. The van der Waals surface area contributed by atoms with Crippen LogP contribution in [0.2, 0.25) is 0 Å². The third-order valence-electron chi connectivity index (χ3n) is 8.82. The average molecular weight is 520 g/mol. The minimum absolute atomic E-state index is 0.155. The van der Waals surface area contributed by atoms with Gasteiger partial charge in [-0.15, -0.1) is 0 Å². The SMILES string of the molecule is COC(=O)[C@H]1CC[C@@H]([C@@H](NC(=O)c2ccccc2)C(=O)O[C@@H]2C[C@H](C)CC[C@H]2C(C)(C)c2ccccc2)C1. The van der Waals surface area contributed by atoms with Crippen LogP contribution in [0.25, 0.3) is 0 Å². The summed E-state index contributed by atoms with van der Waals surface area (Å²) in [5.74, 6) is -0.843. The number of esters is 2. The second kappa shape index (κ2) is 12.1. The summed E-state index contributed by atoms with van der Waals surface area (Å²) < 4.78 is 11.3. The van der Waals surface area contributed by atoms with Gasteiger partial charge in [0.25, 0.3) is 5.91 Å². The maximum atomic E-state index is 13.9. The molecule has 1 amide bonds. The molecule has 0 aromatic heterocycles. The van der Waals surface area contributed by atoms with Crippen molar-refractivity contribution in [2.24, 2.45) is 23.7 Å². The topological polar surface area (TPSA) is 81.7 Å². The second-order valence-corrected chi connectivity index (χ2v) is 11.7. The monoisotopic (exact) mass is 519 g/mol. The van der Waals surface area contributed by atoms with Gasteiger partial charge in [-0.25, -0.2) is 4.79 Å². The van der Waals surface area contributed by atoms with Gasteiger partial charge in [-0.2, -0.15) is 0 Å². The molecular weight excluding hydrogens is 478 g/mol. The van der Waals surface area contributed by atoms with Gasteiger partial charge in [0.05, 0.1) is 13.0 Å². The molecule has 1 N–H and O–H groups in total. The summed E-state index contributed by atoms with van der Waals surface area (Å²) in [6.07, 6.45) is 4.36. The zero-order chi connectivity index (χ0) is 27.3. The molecule has 4 rings (SSSR count). The van der Waals surface area contributed by atoms with E-state index in [1.807, 2.05) is 12.1 Å². The highest BCUT2D eigenvalue weighted by atomic mass is 16.5. The van der Waals surface area contributed by atoms with Crippen LogP contribution < -0.4 is 5.32 Å². The molecule has 204 valence electrons. The number of carbonyl (C=O) groups excluding carboxylic acids is 3. The Morgan fingerprint density at radius 3 is 2.21 bits per heavy atom. The van der Waals surface area contributed by atoms with E-state index in [0.717, 1.165) is 19.3 Å². The molecule has 38 heavy (non-hydrogen) atoms. The van der Waals surface area contributed by atoms with Gasteiger partial charge in [-0.1, -0.05) is 75.7 Å². The highest BCUT2D eigenvalue weighted by Gasteiger charge is 2.45. The van der Waals surface area contributed by atoms with Crippen LogP contribution in [-0.2, 0) is 24.5 Å². The first-order valence-corrected chi connectivity index (χ1v) is 13.9. The van der Waals surface area contributed by atoms with Crippen LogP contribution in [0.4, 0.5) is 0 Å². The summed E-state index contributed by atoms with van der Waals surface area (Å²) in [5.41, 5.74) is 1.53. The van der Waals surface area contributed by atoms with Crippen LogP contribution in [0.5, 0.6) is 0 Å². The van der Waals surface area contributed by atoms with Gasteiger partial charge >= 0.3 is 11.9 Å². The van der Waals surface area contributed by atoms with Gasteiger partial charge in [-0.3, -0.25) is 9.59 Å². The van der Waals surface area contributed by atoms with Crippen molar-refractivity contribution in [2.75, 3.05) is 7.11 Å². The molecule has 0 aliphatic heterocycles. The third-order valence-corrected chi connectivity index (χ3v) is 8.82. The molecule has 0 saturated heterocycles. The number of rotatable bonds is 8. The van der Waals surface area contributed by atoms with Crippen molar-refractivity contribution in [3.05, 3.63) is 71.8 Å². The van der Waals surface area contributed by atoms with E-state index in [1.54, 1.807) is 24.3 Å². The van der Waals surface area contributed by atoms with Crippen LogP contribution in [-0.4, -0.2) is 37.1 Å². The lowest BCUT2D eigenvalue weighted by Gasteiger charge is -2.44. The summed E-state index contributed by atoms with van der Waals surface area (Å²) in [7, 11) is 1.39. The van der Waals surface area contributed by atoms with E-state index >= 15 is 0 Å². The van der Waals surface area contributed by atoms with Crippen LogP contribution in [0.3, 0.4) is 0 Å². The number of hydrogen-bond acceptors (Lipinski definition) is 5. The van der Waals surface area contributed by atoms with Gasteiger partial charge in [0.1, 0.15) is 12.1 Å². The molecule has 0 spiro atoms. The van der Waals surface area contributed by atoms with Crippen molar-refractivity contribution in [1.29, 1.82) is 0 Å². The molecule has 0 unspecified atom stereocenters. The standard InChI is InChI=1S/C32H41NO5/c1-21-15-18-26(32(2,3)25-13-9-6-10-14-25)27(19-21)38-31(36)28(23-16-17-24(20-23)30(35)37-4)33-29(34)22-11-7-5-8-12-22/h5-14,21,23-24,26-28H,15-20H2,1-4H3,(H,33,34)/t21-,23-,24+,26-,27-,28-/m1/s1. The van der Waals surface area contributed by atoms with E-state index in [0.29, 0.717) is 30.7 Å². The lowest BCUT2D eigenvalue weighted by Crippen LogP contribution is -2.50. The van der Waals surface area contributed by atoms with Gasteiger partial charge in [-0.05, 0) is 67.1 Å². The number of nitrogens with one attached hydrogen (secondary N) is 1. The Kier molecular flexibility index (Phi) is 8.91. The summed E-state index contributed by atoms with van der Waals surface area (Å²) in [5, 5.41) is 2.97. The van der Waals surface area contributed by atoms with Gasteiger partial charge < -0.3 is 14.8 Å². The highest BCUT2D eigenvalue weighted by Crippen LogP contribution is 2.44. The molecule has 2 aromatic rings. The predicted octanol–water partition coefficient (Wildman–Crippen LogP) is 5.70. The van der Waals surface area contributed by atoms with Crippen LogP contribution in [0.1, 0.15) is 75.2 Å². The number of amides is 1. The molecule has 2 fully saturated rings. The van der Waals surface area contributed by atoms with Crippen molar-refractivity contribution < 1.29 is 23.9 Å². The minimum Gasteiger partial charge on any atom is -0.469 e. The Balaban J connectivity index is 1.56. The van der Waals surface area contributed by atoms with Crippen molar-refractivity contribution >= 4 is 17.8 Å². The van der Waals surface area contributed by atoms with E-state index < -0.39 is 12.0 Å². The molecule has 2 aliphatic rings. The van der Waals surface area contributed by atoms with Crippen LogP contribution in [0, 0.1) is 23.7 Å². The van der Waals surface area contributed by atoms with E-state index in [4.69, 9.17) is 9.47 Å². The van der Waals surface area contributed by atoms with Crippen molar-refractivity contribution in [1.82, 2.24) is 5.32 Å². The summed E-state index contributed by atoms with van der Waals surface area (Å²) in [6, 6.07) is 18.5. The molecule has 0 heterocycles. The molecule has 2 aromatic carbocycles. The zero-order valence-electron chi connectivity index (χ0n) is 23.0. The van der Waals surface area contributed by atoms with Crippen molar-refractivity contribution in [3.63, 3.8) is 0 Å². The second-order valence-electron chi connectivity index (χ2n) is 11.7. The quantitative estimate of drug-likeness (QED) is 0.453. The normalized spacial score (nSPS) is 26.3. The fourth-order valence-corrected chi connectivity index (χ4v) is 6.47. The first-order chi connectivity index (χ1) is 18.2.